The summed E-state index contributed by atoms with van der Waals surface area (Å²) in [7, 11) is -9.92. The number of carbonyl (C=O) groups excluding carboxylic acids is 4. The first-order valence-corrected chi connectivity index (χ1v) is 43.2. The van der Waals surface area contributed by atoms with Crippen LogP contribution in [0.25, 0.3) is 0 Å². The van der Waals surface area contributed by atoms with Gasteiger partial charge in [0.25, 0.3) is 0 Å². The fourth-order valence-electron chi connectivity index (χ4n) is 11.9. The quantitative estimate of drug-likeness (QED) is 0.0222. The lowest BCUT2D eigenvalue weighted by atomic mass is 9.99. The topological polar surface area (TPSA) is 237 Å². The first kappa shape index (κ1) is 95.1. The van der Waals surface area contributed by atoms with E-state index in [0.29, 0.717) is 25.7 Å². The number of esters is 4. The van der Waals surface area contributed by atoms with Crippen molar-refractivity contribution in [1.29, 1.82) is 0 Å². The van der Waals surface area contributed by atoms with Crippen LogP contribution in [0.1, 0.15) is 396 Å². The van der Waals surface area contributed by atoms with Crippen molar-refractivity contribution in [3.8, 4) is 0 Å². The molecule has 0 amide bonds. The second-order valence-electron chi connectivity index (χ2n) is 29.8. The van der Waals surface area contributed by atoms with Crippen molar-refractivity contribution in [3.05, 3.63) is 0 Å². The molecule has 0 saturated carbocycles. The van der Waals surface area contributed by atoms with Crippen molar-refractivity contribution in [3.63, 3.8) is 0 Å². The number of hydrogen-bond acceptors (Lipinski definition) is 15. The van der Waals surface area contributed by atoms with E-state index in [1.807, 2.05) is 0 Å². The van der Waals surface area contributed by atoms with Gasteiger partial charge in [-0.1, -0.05) is 344 Å². The molecule has 0 aromatic heterocycles. The molecule has 3 N–H and O–H groups in total. The van der Waals surface area contributed by atoms with Crippen molar-refractivity contribution >= 4 is 39.5 Å². The smallest absolute Gasteiger partial charge is 0.462 e. The highest BCUT2D eigenvalue weighted by Crippen LogP contribution is 2.45. The average Bonchev–Trinajstić information content (AvgIpc) is 1.87. The molecule has 576 valence electrons. The zero-order valence-corrected chi connectivity index (χ0v) is 65.5. The van der Waals surface area contributed by atoms with Crippen LogP contribution in [0, 0.1) is 23.7 Å². The first-order valence-electron chi connectivity index (χ1n) is 40.2. The molecule has 0 radical (unpaired) electrons. The predicted octanol–water partition coefficient (Wildman–Crippen LogP) is 22.8. The summed E-state index contributed by atoms with van der Waals surface area (Å²) in [6.45, 7) is 14.2. The summed E-state index contributed by atoms with van der Waals surface area (Å²) in [4.78, 5) is 72.9. The van der Waals surface area contributed by atoms with Gasteiger partial charge in [-0.25, -0.2) is 9.13 Å². The lowest BCUT2D eigenvalue weighted by Crippen LogP contribution is -2.30. The number of phosphoric acid groups is 2. The van der Waals surface area contributed by atoms with E-state index in [1.165, 1.54) is 199 Å². The van der Waals surface area contributed by atoms with Gasteiger partial charge in [-0.3, -0.25) is 37.3 Å². The minimum absolute atomic E-state index is 0.105. The molecule has 97 heavy (non-hydrogen) atoms. The van der Waals surface area contributed by atoms with Crippen LogP contribution < -0.4 is 0 Å². The van der Waals surface area contributed by atoms with Gasteiger partial charge >= 0.3 is 39.5 Å². The summed E-state index contributed by atoms with van der Waals surface area (Å²) in [6, 6.07) is 0. The number of rotatable bonds is 75. The molecule has 0 fully saturated rings. The molecule has 0 spiro atoms. The molecule has 19 heteroatoms. The van der Waals surface area contributed by atoms with E-state index in [9.17, 15) is 43.2 Å². The summed E-state index contributed by atoms with van der Waals surface area (Å²) in [5.74, 6) is 0.975. The molecule has 0 heterocycles. The Balaban J connectivity index is 5.24. The standard InChI is InChI=1S/C78H152O17P2/c1-9-71(8)57-49-41-33-24-19-21-27-37-45-53-61-78(83)94-73(64-88-75(80)58-50-42-34-25-17-15-13-11-10-12-14-16-22-30-38-46-54-68(2)3)66-92-96(84,85)90-62-72(79)63-91-97(86,87)93-67-74(65-89-76(81)59-51-43-35-29-28-32-40-48-56-70(6)7)95-77(82)60-52-44-36-26-20-18-23-31-39-47-55-69(4)5/h68-74,79H,9-67H2,1-8H3,(H,84,85)(H,86,87)/t71?,72?,73-,74-/m1/s1. The normalized spacial score (nSPS) is 14.4. The number of aliphatic hydroxyl groups is 1. The van der Waals surface area contributed by atoms with Crippen LogP contribution in [0.5, 0.6) is 0 Å². The van der Waals surface area contributed by atoms with Crippen LogP contribution in [0.2, 0.25) is 0 Å². The summed E-state index contributed by atoms with van der Waals surface area (Å²) < 4.78 is 68.6. The number of ether oxygens (including phenoxy) is 4. The zero-order valence-electron chi connectivity index (χ0n) is 63.7. The molecule has 17 nitrogen and oxygen atoms in total. The third-order valence-electron chi connectivity index (χ3n) is 18.4. The van der Waals surface area contributed by atoms with E-state index in [2.05, 4.69) is 55.4 Å². The summed E-state index contributed by atoms with van der Waals surface area (Å²) >= 11 is 0. The highest BCUT2D eigenvalue weighted by atomic mass is 31.2. The SMILES string of the molecule is CCC(C)CCCCCCCCCCCCC(=O)O[C@H](COC(=O)CCCCCCCCCCCCCCCCCCC(C)C)COP(=O)(O)OCC(O)COP(=O)(O)OC[C@@H](COC(=O)CCCCCCCCCCC(C)C)OC(=O)CCCCCCCCCCCCC(C)C. The molecule has 0 bridgehead atoms. The van der Waals surface area contributed by atoms with E-state index in [0.717, 1.165) is 114 Å². The lowest BCUT2D eigenvalue weighted by Gasteiger charge is -2.21. The Morgan fingerprint density at radius 2 is 0.495 bits per heavy atom. The lowest BCUT2D eigenvalue weighted by molar-refractivity contribution is -0.161. The molecule has 4 unspecified atom stereocenters. The van der Waals surface area contributed by atoms with Gasteiger partial charge < -0.3 is 33.8 Å². The molecule has 6 atom stereocenters. The number of aliphatic hydroxyl groups excluding tert-OH is 1. The first-order chi connectivity index (χ1) is 46.6. The molecular formula is C78H152O17P2. The largest absolute Gasteiger partial charge is 0.472 e. The molecule has 0 aromatic rings. The number of hydrogen-bond donors (Lipinski definition) is 3. The van der Waals surface area contributed by atoms with Crippen LogP contribution in [-0.4, -0.2) is 96.7 Å². The molecular weight excluding hydrogens is 1270 g/mol. The molecule has 0 rings (SSSR count). The number of phosphoric ester groups is 2. The van der Waals surface area contributed by atoms with E-state index < -0.39 is 97.5 Å². The predicted molar refractivity (Wildman–Crippen MR) is 395 cm³/mol. The Kier molecular flexibility index (Phi) is 65.9. The van der Waals surface area contributed by atoms with E-state index in [4.69, 9.17) is 37.0 Å². The molecule has 0 saturated heterocycles. The van der Waals surface area contributed by atoms with Gasteiger partial charge in [-0.15, -0.1) is 0 Å². The maximum absolute atomic E-state index is 13.1. The Labute approximate surface area is 594 Å². The summed E-state index contributed by atoms with van der Waals surface area (Å²) in [5, 5.41) is 10.6. The van der Waals surface area contributed by atoms with Gasteiger partial charge in [0, 0.05) is 25.7 Å². The van der Waals surface area contributed by atoms with Crippen LogP contribution >= 0.6 is 15.6 Å². The number of unbranched alkanes of at least 4 members (excludes halogenated alkanes) is 40. The Morgan fingerprint density at radius 3 is 0.732 bits per heavy atom. The fourth-order valence-corrected chi connectivity index (χ4v) is 13.5. The van der Waals surface area contributed by atoms with Gasteiger partial charge in [0.15, 0.2) is 12.2 Å². The molecule has 0 aliphatic carbocycles. The van der Waals surface area contributed by atoms with Gasteiger partial charge in [-0.05, 0) is 49.4 Å². The van der Waals surface area contributed by atoms with Gasteiger partial charge in [-0.2, -0.15) is 0 Å². The Hall–Kier alpha value is -1.94. The Morgan fingerprint density at radius 1 is 0.289 bits per heavy atom. The van der Waals surface area contributed by atoms with E-state index in [1.54, 1.807) is 0 Å². The van der Waals surface area contributed by atoms with Gasteiger partial charge in [0.05, 0.1) is 26.4 Å². The minimum Gasteiger partial charge on any atom is -0.462 e. The molecule has 0 aliphatic rings. The van der Waals surface area contributed by atoms with E-state index >= 15 is 0 Å². The van der Waals surface area contributed by atoms with Crippen molar-refractivity contribution in [2.75, 3.05) is 39.6 Å². The average molecular weight is 1420 g/mol. The number of carbonyl (C=O) groups is 4. The van der Waals surface area contributed by atoms with E-state index in [-0.39, 0.29) is 25.7 Å². The van der Waals surface area contributed by atoms with Crippen molar-refractivity contribution in [1.82, 2.24) is 0 Å². The Bertz CT molecular complexity index is 1900. The minimum atomic E-state index is -4.96. The van der Waals surface area contributed by atoms with Crippen molar-refractivity contribution in [2.45, 2.75) is 414 Å². The third-order valence-corrected chi connectivity index (χ3v) is 20.3. The zero-order chi connectivity index (χ0) is 71.7. The monoisotopic (exact) mass is 1420 g/mol. The molecule has 0 aliphatic heterocycles. The highest BCUT2D eigenvalue weighted by molar-refractivity contribution is 7.47. The van der Waals surface area contributed by atoms with Crippen molar-refractivity contribution in [2.24, 2.45) is 23.7 Å². The van der Waals surface area contributed by atoms with Crippen LogP contribution in [0.4, 0.5) is 0 Å². The van der Waals surface area contributed by atoms with Gasteiger partial charge in [0.1, 0.15) is 19.3 Å². The fraction of sp³-hybridized carbons (Fsp3) is 0.949. The molecule has 0 aromatic carbocycles. The van der Waals surface area contributed by atoms with Crippen LogP contribution in [0.3, 0.4) is 0 Å². The van der Waals surface area contributed by atoms with Crippen LogP contribution in [0.15, 0.2) is 0 Å². The summed E-state index contributed by atoms with van der Waals surface area (Å²) in [6.07, 6.45) is 52.7. The van der Waals surface area contributed by atoms with Gasteiger partial charge in [0.2, 0.25) is 0 Å². The van der Waals surface area contributed by atoms with Crippen LogP contribution in [-0.2, 0) is 65.4 Å². The third kappa shape index (κ3) is 70.9. The second-order valence-corrected chi connectivity index (χ2v) is 32.7. The maximum atomic E-state index is 13.1. The summed E-state index contributed by atoms with van der Waals surface area (Å²) in [5.41, 5.74) is 0. The second kappa shape index (κ2) is 67.2. The maximum Gasteiger partial charge on any atom is 0.472 e. The van der Waals surface area contributed by atoms with Crippen molar-refractivity contribution < 1.29 is 80.2 Å². The highest BCUT2D eigenvalue weighted by Gasteiger charge is 2.30.